The number of carbonyl (C=O) groups excluding carboxylic acids is 4. The zero-order valence-corrected chi connectivity index (χ0v) is 25.2. The van der Waals surface area contributed by atoms with Gasteiger partial charge in [-0.15, -0.1) is 0 Å². The Morgan fingerprint density at radius 2 is 1.36 bits per heavy atom. The lowest BCUT2D eigenvalue weighted by Crippen LogP contribution is -2.51. The number of carbonyl (C=O) groups is 4. The molecule has 0 N–H and O–H groups in total. The summed E-state index contributed by atoms with van der Waals surface area (Å²) in [5.41, 5.74) is -3.82. The number of hydrogen-bond acceptors (Lipinski definition) is 8. The molecule has 0 aromatic heterocycles. The number of halogens is 6. The summed E-state index contributed by atoms with van der Waals surface area (Å²) in [6.07, 6.45) is -17.2. The highest BCUT2D eigenvalue weighted by atomic mass is 19.4. The lowest BCUT2D eigenvalue weighted by atomic mass is 9.73. The average molecular weight is 619 g/mol. The predicted molar refractivity (Wildman–Crippen MR) is 134 cm³/mol. The van der Waals surface area contributed by atoms with Gasteiger partial charge >= 0.3 is 36.2 Å². The van der Waals surface area contributed by atoms with E-state index in [1.165, 1.54) is 0 Å². The van der Waals surface area contributed by atoms with Gasteiger partial charge in [-0.2, -0.15) is 26.3 Å². The third kappa shape index (κ3) is 7.15. The van der Waals surface area contributed by atoms with Crippen molar-refractivity contribution in [3.63, 3.8) is 0 Å². The van der Waals surface area contributed by atoms with Gasteiger partial charge < -0.3 is 18.9 Å². The van der Waals surface area contributed by atoms with Crippen LogP contribution in [0.15, 0.2) is 0 Å². The van der Waals surface area contributed by atoms with Crippen LogP contribution in [0.4, 0.5) is 26.3 Å². The molecule has 1 heterocycles. The first kappa shape index (κ1) is 35.7. The van der Waals surface area contributed by atoms with Gasteiger partial charge in [0.25, 0.3) is 6.10 Å². The summed E-state index contributed by atoms with van der Waals surface area (Å²) in [4.78, 5) is 48.7. The quantitative estimate of drug-likeness (QED) is 0.146. The topological polar surface area (TPSA) is 105 Å². The molecule has 0 aromatic rings. The van der Waals surface area contributed by atoms with Crippen LogP contribution in [-0.4, -0.2) is 60.1 Å². The maximum absolute atomic E-state index is 12.8. The Labute approximate surface area is 241 Å². The molecule has 2 saturated carbocycles. The number of esters is 4. The van der Waals surface area contributed by atoms with Gasteiger partial charge in [0.2, 0.25) is 0 Å². The summed E-state index contributed by atoms with van der Waals surface area (Å²) in [6.45, 7) is 16.5. The minimum absolute atomic E-state index is 0.0821. The van der Waals surface area contributed by atoms with Crippen LogP contribution >= 0.6 is 0 Å². The van der Waals surface area contributed by atoms with Crippen molar-refractivity contribution in [1.29, 1.82) is 0 Å². The minimum Gasteiger partial charge on any atom is -0.460 e. The predicted octanol–water partition coefficient (Wildman–Crippen LogP) is 6.09. The van der Waals surface area contributed by atoms with Gasteiger partial charge in [0.05, 0.1) is 10.8 Å². The van der Waals surface area contributed by atoms with Crippen molar-refractivity contribution in [3.8, 4) is 0 Å². The van der Waals surface area contributed by atoms with E-state index in [-0.39, 0.29) is 23.4 Å². The van der Waals surface area contributed by atoms with E-state index in [0.29, 0.717) is 6.42 Å². The molecule has 3 fully saturated rings. The van der Waals surface area contributed by atoms with E-state index in [1.807, 2.05) is 41.5 Å². The SMILES string of the molecule is CCC(C)(C)C(=O)OC(C)(C)C.CCC(C)(C)C(=O)OC1C2CC3C1OC(=O)C3(C(=O)OC(C(F)(F)F)C(F)(F)F)C2. The normalized spacial score (nSPS) is 27.3. The van der Waals surface area contributed by atoms with Crippen molar-refractivity contribution in [2.75, 3.05) is 0 Å². The third-order valence-corrected chi connectivity index (χ3v) is 8.26. The molecule has 8 nitrogen and oxygen atoms in total. The summed E-state index contributed by atoms with van der Waals surface area (Å²) in [5.74, 6) is -5.49. The fraction of sp³-hybridized carbons (Fsp3) is 0.857. The molecule has 3 aliphatic rings. The maximum Gasteiger partial charge on any atom is 0.434 e. The molecular formula is C28H40F6O8. The van der Waals surface area contributed by atoms with E-state index < -0.39 is 77.7 Å². The van der Waals surface area contributed by atoms with E-state index in [1.54, 1.807) is 20.8 Å². The zero-order chi connectivity index (χ0) is 32.9. The Bertz CT molecular complexity index is 1040. The fourth-order valence-corrected chi connectivity index (χ4v) is 4.95. The highest BCUT2D eigenvalue weighted by molar-refractivity contribution is 6.03. The van der Waals surface area contributed by atoms with Crippen LogP contribution in [0.5, 0.6) is 0 Å². The molecule has 0 spiro atoms. The standard InChI is InChI=1S/C18H20F6O6.C10H20O2/c1-4-15(2,3)12(25)28-9-7-5-8-10(9)29-13(26)16(8,6-7)14(27)30-11(17(19,20)21)18(22,23)24;1-7-10(5,6)8(11)12-9(2,3)4/h7-11H,4-6H2,1-3H3;7H2,1-6H3. The fourth-order valence-electron chi connectivity index (χ4n) is 4.95. The van der Waals surface area contributed by atoms with E-state index in [9.17, 15) is 45.5 Å². The van der Waals surface area contributed by atoms with Crippen molar-refractivity contribution in [3.05, 3.63) is 0 Å². The van der Waals surface area contributed by atoms with E-state index in [0.717, 1.165) is 6.42 Å². The Hall–Kier alpha value is -2.54. The second-order valence-electron chi connectivity index (χ2n) is 13.4. The lowest BCUT2D eigenvalue weighted by molar-refractivity contribution is -0.315. The van der Waals surface area contributed by atoms with Crippen molar-refractivity contribution < 1.29 is 64.5 Å². The molecule has 5 unspecified atom stereocenters. The van der Waals surface area contributed by atoms with E-state index in [4.69, 9.17) is 14.2 Å². The molecule has 1 aliphatic heterocycles. The van der Waals surface area contributed by atoms with Crippen molar-refractivity contribution in [2.24, 2.45) is 28.1 Å². The molecule has 14 heteroatoms. The van der Waals surface area contributed by atoms with Crippen LogP contribution in [0.1, 0.15) is 88.0 Å². The Kier molecular flexibility index (Phi) is 9.78. The highest BCUT2D eigenvalue weighted by Crippen LogP contribution is 2.63. The van der Waals surface area contributed by atoms with Crippen molar-refractivity contribution >= 4 is 23.9 Å². The summed E-state index contributed by atoms with van der Waals surface area (Å²) in [6, 6.07) is 0. The number of hydrogen-bond donors (Lipinski definition) is 0. The first-order valence-electron chi connectivity index (χ1n) is 13.7. The molecule has 42 heavy (non-hydrogen) atoms. The van der Waals surface area contributed by atoms with Crippen LogP contribution in [0.2, 0.25) is 0 Å². The third-order valence-electron chi connectivity index (χ3n) is 8.26. The molecule has 3 rings (SSSR count). The van der Waals surface area contributed by atoms with Gasteiger partial charge in [-0.25, -0.2) is 0 Å². The van der Waals surface area contributed by atoms with Gasteiger partial charge in [-0.3, -0.25) is 19.2 Å². The monoisotopic (exact) mass is 618 g/mol. The van der Waals surface area contributed by atoms with Gasteiger partial charge in [0.15, 0.2) is 5.41 Å². The molecule has 0 amide bonds. The van der Waals surface area contributed by atoms with Crippen LogP contribution in [-0.2, 0) is 38.1 Å². The molecule has 2 bridgehead atoms. The summed E-state index contributed by atoms with van der Waals surface area (Å²) in [5, 5.41) is 0. The van der Waals surface area contributed by atoms with Gasteiger partial charge in [0.1, 0.15) is 17.8 Å². The van der Waals surface area contributed by atoms with Gasteiger partial charge in [-0.1, -0.05) is 13.8 Å². The molecule has 0 radical (unpaired) electrons. The minimum atomic E-state index is -5.89. The Balaban J connectivity index is 0.000000435. The highest BCUT2D eigenvalue weighted by Gasteiger charge is 2.76. The summed E-state index contributed by atoms with van der Waals surface area (Å²) >= 11 is 0. The molecule has 0 aromatic carbocycles. The first-order chi connectivity index (χ1) is 18.7. The van der Waals surface area contributed by atoms with Crippen LogP contribution in [0.25, 0.3) is 0 Å². The Morgan fingerprint density at radius 3 is 1.79 bits per heavy atom. The number of fused-ring (bicyclic) bond motifs is 1. The number of ether oxygens (including phenoxy) is 4. The maximum atomic E-state index is 12.8. The molecular weight excluding hydrogens is 578 g/mol. The van der Waals surface area contributed by atoms with Crippen molar-refractivity contribution in [1.82, 2.24) is 0 Å². The summed E-state index contributed by atoms with van der Waals surface area (Å²) < 4.78 is 96.2. The van der Waals surface area contributed by atoms with Crippen LogP contribution in [0.3, 0.4) is 0 Å². The zero-order valence-electron chi connectivity index (χ0n) is 25.2. The average Bonchev–Trinajstić information content (AvgIpc) is 3.42. The van der Waals surface area contributed by atoms with Gasteiger partial charge in [-0.05, 0) is 74.1 Å². The van der Waals surface area contributed by atoms with E-state index >= 15 is 0 Å². The number of rotatable bonds is 7. The molecule has 242 valence electrons. The lowest BCUT2D eigenvalue weighted by Gasteiger charge is -2.33. The molecule has 5 atom stereocenters. The number of alkyl halides is 6. The largest absolute Gasteiger partial charge is 0.460 e. The van der Waals surface area contributed by atoms with Crippen molar-refractivity contribution in [2.45, 2.75) is 124 Å². The van der Waals surface area contributed by atoms with Crippen LogP contribution < -0.4 is 0 Å². The van der Waals surface area contributed by atoms with Crippen LogP contribution in [0, 0.1) is 28.1 Å². The smallest absolute Gasteiger partial charge is 0.434 e. The first-order valence-corrected chi connectivity index (χ1v) is 13.7. The summed E-state index contributed by atoms with van der Waals surface area (Å²) in [7, 11) is 0. The second-order valence-corrected chi connectivity index (χ2v) is 13.4. The Morgan fingerprint density at radius 1 is 0.881 bits per heavy atom. The molecule has 1 saturated heterocycles. The van der Waals surface area contributed by atoms with Gasteiger partial charge in [0, 0.05) is 11.8 Å². The van der Waals surface area contributed by atoms with E-state index in [2.05, 4.69) is 4.74 Å². The molecule has 2 aliphatic carbocycles. The second kappa shape index (κ2) is 11.5.